The number of methoxy groups -OCH3 is 1. The molecule has 0 radical (unpaired) electrons. The van der Waals surface area contributed by atoms with Gasteiger partial charge in [-0.2, -0.15) is 0 Å². The van der Waals surface area contributed by atoms with E-state index < -0.39 is 23.8 Å². The molecule has 1 spiro atoms. The molecule has 1 saturated heterocycles. The second-order valence-electron chi connectivity index (χ2n) is 9.67. The van der Waals surface area contributed by atoms with Crippen LogP contribution in [0.15, 0.2) is 42.1 Å². The largest absolute Gasteiger partial charge is 0.477 e. The van der Waals surface area contributed by atoms with Crippen LogP contribution in [-0.4, -0.2) is 64.8 Å². The molecule has 1 aromatic rings. The predicted molar refractivity (Wildman–Crippen MR) is 131 cm³/mol. The van der Waals surface area contributed by atoms with Crippen LogP contribution in [0.2, 0.25) is 0 Å². The fraction of sp³-hybridized carbons (Fsp3) is 0.630. The number of nitrogens with one attached hydrogen (secondary N) is 1. The third-order valence-electron chi connectivity index (χ3n) is 7.54. The number of rotatable bonds is 3. The zero-order chi connectivity index (χ0) is 25.6. The second-order valence-corrected chi connectivity index (χ2v) is 9.67. The number of cyclic esters (lactones) is 1. The van der Waals surface area contributed by atoms with Gasteiger partial charge in [0.1, 0.15) is 17.4 Å². The number of carboxylic acids is 1. The molecule has 3 aliphatic rings. The van der Waals surface area contributed by atoms with Gasteiger partial charge in [-0.3, -0.25) is 0 Å². The number of aliphatic hydroxyl groups is 1. The molecular weight excluding hydrogens is 450 g/mol. The van der Waals surface area contributed by atoms with Gasteiger partial charge in [-0.15, -0.1) is 0 Å². The van der Waals surface area contributed by atoms with E-state index in [4.69, 9.17) is 19.3 Å². The fourth-order valence-corrected chi connectivity index (χ4v) is 5.73. The van der Waals surface area contributed by atoms with Crippen LogP contribution in [0.1, 0.15) is 63.4 Å². The normalized spacial score (nSPS) is 36.7. The van der Waals surface area contributed by atoms with Crippen LogP contribution in [-0.2, 0) is 19.0 Å². The minimum absolute atomic E-state index is 0.00789. The lowest BCUT2D eigenvalue weighted by Gasteiger charge is -2.49. The first-order valence-electron chi connectivity index (χ1n) is 12.5. The van der Waals surface area contributed by atoms with Crippen molar-refractivity contribution in [2.24, 2.45) is 17.8 Å². The molecule has 194 valence electrons. The summed E-state index contributed by atoms with van der Waals surface area (Å²) < 4.78 is 17.9. The summed E-state index contributed by atoms with van der Waals surface area (Å²) in [5.74, 6) is -1.20. The average molecular weight is 490 g/mol. The van der Waals surface area contributed by atoms with E-state index in [9.17, 15) is 14.7 Å². The lowest BCUT2D eigenvalue weighted by atomic mass is 9.63. The number of ether oxygens (including phenoxy) is 3. The topological polar surface area (TPSA) is 118 Å². The van der Waals surface area contributed by atoms with Crippen LogP contribution in [0.5, 0.6) is 0 Å². The summed E-state index contributed by atoms with van der Waals surface area (Å²) in [6.07, 6.45) is 10.4. The maximum atomic E-state index is 12.7. The molecule has 3 heterocycles. The van der Waals surface area contributed by atoms with Gasteiger partial charge in [0, 0.05) is 37.7 Å². The molecule has 8 nitrogen and oxygen atoms in total. The number of carbonyl (C=O) groups is 2. The maximum Gasteiger partial charge on any atom is 0.352 e. The first-order valence-corrected chi connectivity index (χ1v) is 12.5. The van der Waals surface area contributed by atoms with Crippen LogP contribution >= 0.6 is 0 Å². The fourth-order valence-electron chi connectivity index (χ4n) is 5.73. The molecule has 8 heteroatoms. The van der Waals surface area contributed by atoms with Gasteiger partial charge in [-0.1, -0.05) is 32.1 Å². The average Bonchev–Trinajstić information content (AvgIpc) is 3.33. The van der Waals surface area contributed by atoms with E-state index >= 15 is 0 Å². The number of aliphatic hydroxyl groups excluding tert-OH is 1. The summed E-state index contributed by atoms with van der Waals surface area (Å²) in [5.41, 5.74) is 0.776. The van der Waals surface area contributed by atoms with Crippen molar-refractivity contribution in [1.29, 1.82) is 0 Å². The zero-order valence-electron chi connectivity index (χ0n) is 21.1. The molecule has 1 aromatic heterocycles. The SMILES string of the molecule is CCC1OC(=O)C(OC)CC2C=CCC3C(O)CCCOC23/C(C)=C/C1C.O=C(O)c1ccc[nH]1. The number of carbonyl (C=O) groups excluding carboxylic acids is 1. The van der Waals surface area contributed by atoms with Crippen molar-refractivity contribution in [2.75, 3.05) is 13.7 Å². The molecule has 2 aliphatic heterocycles. The Balaban J connectivity index is 0.000000363. The summed E-state index contributed by atoms with van der Waals surface area (Å²) >= 11 is 0. The summed E-state index contributed by atoms with van der Waals surface area (Å²) in [4.78, 5) is 25.3. The minimum atomic E-state index is -0.921. The van der Waals surface area contributed by atoms with Crippen molar-refractivity contribution in [1.82, 2.24) is 4.98 Å². The van der Waals surface area contributed by atoms with Gasteiger partial charge in [0.05, 0.1) is 6.10 Å². The Morgan fingerprint density at radius 3 is 2.74 bits per heavy atom. The quantitative estimate of drug-likeness (QED) is 0.432. The number of hydrogen-bond acceptors (Lipinski definition) is 6. The van der Waals surface area contributed by atoms with Gasteiger partial charge in [0.2, 0.25) is 0 Å². The summed E-state index contributed by atoms with van der Waals surface area (Å²) in [6, 6.07) is 3.14. The van der Waals surface area contributed by atoms with Crippen LogP contribution in [0, 0.1) is 17.8 Å². The number of hydrogen-bond donors (Lipinski definition) is 3. The molecule has 0 bridgehead atoms. The zero-order valence-corrected chi connectivity index (χ0v) is 21.1. The molecule has 35 heavy (non-hydrogen) atoms. The highest BCUT2D eigenvalue weighted by Gasteiger charge is 2.53. The molecule has 4 rings (SSSR count). The molecule has 0 saturated carbocycles. The summed E-state index contributed by atoms with van der Waals surface area (Å²) in [6.45, 7) is 6.85. The van der Waals surface area contributed by atoms with Crippen molar-refractivity contribution in [3.63, 3.8) is 0 Å². The maximum absolute atomic E-state index is 12.7. The standard InChI is InChI=1S/C22H34O5.C5H5NO2/c1-5-19-14(2)12-15(3)22-16(13-20(25-4)21(24)27-19)8-6-9-17(22)18(23)10-7-11-26-22;7-5(8)4-2-1-3-6-4/h6,8,12,14,16-20,23H,5,7,9-11,13H2,1-4H3;1-3,6H,(H,7,8)/b15-12+;. The Bertz CT molecular complexity index is 909. The van der Waals surface area contributed by atoms with E-state index in [0.29, 0.717) is 13.0 Å². The van der Waals surface area contributed by atoms with Crippen molar-refractivity contribution in [3.8, 4) is 0 Å². The first-order chi connectivity index (χ1) is 16.7. The molecule has 1 fully saturated rings. The number of aromatic nitrogens is 1. The number of esters is 1. The van der Waals surface area contributed by atoms with Gasteiger partial charge in [-0.05, 0) is 56.7 Å². The number of aromatic amines is 1. The number of allylic oxidation sites excluding steroid dienone is 1. The van der Waals surface area contributed by atoms with Crippen LogP contribution in [0.25, 0.3) is 0 Å². The van der Waals surface area contributed by atoms with Crippen molar-refractivity contribution >= 4 is 11.9 Å². The van der Waals surface area contributed by atoms with E-state index in [2.05, 4.69) is 37.1 Å². The summed E-state index contributed by atoms with van der Waals surface area (Å²) in [7, 11) is 1.56. The van der Waals surface area contributed by atoms with Gasteiger partial charge < -0.3 is 29.4 Å². The monoisotopic (exact) mass is 489 g/mol. The Labute approximate surface area is 207 Å². The lowest BCUT2D eigenvalue weighted by molar-refractivity contribution is -0.167. The molecule has 0 amide bonds. The number of H-pyrrole nitrogens is 1. The van der Waals surface area contributed by atoms with E-state index in [1.165, 1.54) is 6.07 Å². The van der Waals surface area contributed by atoms with Crippen molar-refractivity contribution in [3.05, 3.63) is 47.8 Å². The van der Waals surface area contributed by atoms with E-state index in [1.54, 1.807) is 19.4 Å². The molecular formula is C27H39NO7. The third kappa shape index (κ3) is 5.88. The van der Waals surface area contributed by atoms with Gasteiger partial charge in [0.15, 0.2) is 6.10 Å². The first kappa shape index (κ1) is 27.2. The predicted octanol–water partition coefficient (Wildman–Crippen LogP) is 4.12. The van der Waals surface area contributed by atoms with Crippen LogP contribution in [0.3, 0.4) is 0 Å². The second kappa shape index (κ2) is 12.0. The van der Waals surface area contributed by atoms with Crippen LogP contribution < -0.4 is 0 Å². The molecule has 7 atom stereocenters. The van der Waals surface area contributed by atoms with Gasteiger partial charge >= 0.3 is 11.9 Å². The number of aromatic carboxylic acids is 1. The minimum Gasteiger partial charge on any atom is -0.477 e. The Morgan fingerprint density at radius 2 is 2.14 bits per heavy atom. The third-order valence-corrected chi connectivity index (χ3v) is 7.54. The van der Waals surface area contributed by atoms with Crippen molar-refractivity contribution in [2.45, 2.75) is 76.8 Å². The van der Waals surface area contributed by atoms with Crippen molar-refractivity contribution < 1.29 is 34.0 Å². The smallest absolute Gasteiger partial charge is 0.352 e. The van der Waals surface area contributed by atoms with Gasteiger partial charge in [-0.25, -0.2) is 9.59 Å². The highest BCUT2D eigenvalue weighted by Crippen LogP contribution is 2.49. The van der Waals surface area contributed by atoms with Crippen LogP contribution in [0.4, 0.5) is 0 Å². The highest BCUT2D eigenvalue weighted by atomic mass is 16.6. The Hall–Kier alpha value is -2.42. The summed E-state index contributed by atoms with van der Waals surface area (Å²) in [5, 5.41) is 19.1. The van der Waals surface area contributed by atoms with E-state index in [0.717, 1.165) is 31.3 Å². The molecule has 7 unspecified atom stereocenters. The lowest BCUT2D eigenvalue weighted by Crippen LogP contribution is -2.54. The Morgan fingerprint density at radius 1 is 1.37 bits per heavy atom. The number of carboxylic acid groups (broad SMARTS) is 1. The Kier molecular flexibility index (Phi) is 9.33. The molecule has 3 N–H and O–H groups in total. The van der Waals surface area contributed by atoms with Gasteiger partial charge in [0.25, 0.3) is 0 Å². The van der Waals surface area contributed by atoms with E-state index in [1.807, 2.05) is 6.92 Å². The molecule has 1 aliphatic carbocycles. The highest BCUT2D eigenvalue weighted by molar-refractivity contribution is 5.85. The van der Waals surface area contributed by atoms with E-state index in [-0.39, 0.29) is 35.5 Å². The molecule has 0 aromatic carbocycles.